The van der Waals surface area contributed by atoms with Crippen molar-refractivity contribution in [2.24, 2.45) is 16.8 Å². The molecule has 0 bridgehead atoms. The van der Waals surface area contributed by atoms with Gasteiger partial charge in [0.25, 0.3) is 0 Å². The van der Waals surface area contributed by atoms with Gasteiger partial charge in [-0.05, 0) is 0 Å². The molecule has 0 spiro atoms. The molecule has 0 aliphatic heterocycles. The van der Waals surface area contributed by atoms with Gasteiger partial charge in [-0.1, -0.05) is 0 Å². The monoisotopic (exact) mass is 910 g/mol. The average molecular weight is 909 g/mol. The van der Waals surface area contributed by atoms with Crippen LogP contribution in [0.25, 0.3) is 0 Å². The summed E-state index contributed by atoms with van der Waals surface area (Å²) in [6, 6.07) is 13.4. The third-order valence-corrected chi connectivity index (χ3v) is 13.8. The zero-order valence-corrected chi connectivity index (χ0v) is 33.0. The van der Waals surface area contributed by atoms with Gasteiger partial charge in [-0.15, -0.1) is 0 Å². The van der Waals surface area contributed by atoms with Crippen LogP contribution in [-0.4, -0.2) is 34.3 Å². The summed E-state index contributed by atoms with van der Waals surface area (Å²) >= 11 is -5.15. The summed E-state index contributed by atoms with van der Waals surface area (Å²) < 4.78 is 242. The van der Waals surface area contributed by atoms with E-state index in [0.717, 1.165) is 12.1 Å². The first kappa shape index (κ1) is 45.2. The second kappa shape index (κ2) is 17.7. The normalized spacial score (nSPS) is 12.4. The molecule has 5 rings (SSSR count). The van der Waals surface area contributed by atoms with Crippen LogP contribution in [0.4, 0.5) is 71.5 Å². The Bertz CT molecular complexity index is 2240. The van der Waals surface area contributed by atoms with E-state index in [1.807, 2.05) is 0 Å². The Kier molecular flexibility index (Phi) is 13.6. The standard InChI is InChI=1S/C39H28BF15GeN2O/c1-17(2)15-57-20-13-9-6-10-14-21(20)58(16-18(3)4)56(19-11-7-5-8-12-19)59-40(22-25(41)31(47)37(53)32(48)26(22)42,23-27(43)33(49)38(54)34(50)28(23)44)24-29(45)35(51)39(55)36(52)30(24)46/h5-14,17-18H,15-16H2,1-4H3/q-1. The van der Waals surface area contributed by atoms with Gasteiger partial charge in [0, 0.05) is 0 Å². The molecule has 0 N–H and O–H groups in total. The van der Waals surface area contributed by atoms with E-state index in [4.69, 9.17) is 3.68 Å². The summed E-state index contributed by atoms with van der Waals surface area (Å²) in [7, 11) is 0. The van der Waals surface area contributed by atoms with Crippen LogP contribution in [0.1, 0.15) is 27.7 Å². The molecule has 0 saturated carbocycles. The van der Waals surface area contributed by atoms with Crippen LogP contribution in [-0.2, 0) is 3.68 Å². The van der Waals surface area contributed by atoms with Gasteiger partial charge in [0.15, 0.2) is 0 Å². The van der Waals surface area contributed by atoms with Crippen molar-refractivity contribution in [2.45, 2.75) is 27.7 Å². The molecule has 0 aliphatic rings. The Morgan fingerprint density at radius 3 is 1.17 bits per heavy atom. The van der Waals surface area contributed by atoms with Crippen LogP contribution in [0, 0.1) is 99.1 Å². The zero-order valence-electron chi connectivity index (χ0n) is 30.9. The Hall–Kier alpha value is -4.91. The van der Waals surface area contributed by atoms with E-state index in [1.54, 1.807) is 27.7 Å². The molecule has 0 atom stereocenters. The molecule has 5 aromatic carbocycles. The van der Waals surface area contributed by atoms with E-state index in [9.17, 15) is 13.2 Å². The van der Waals surface area contributed by atoms with E-state index in [0.29, 0.717) is 0 Å². The molecule has 0 aromatic heterocycles. The quantitative estimate of drug-likeness (QED) is 0.0552. The number of hydrogen-bond donors (Lipinski definition) is 0. The van der Waals surface area contributed by atoms with Gasteiger partial charge < -0.3 is 0 Å². The van der Waals surface area contributed by atoms with Crippen molar-refractivity contribution in [3.63, 3.8) is 0 Å². The second-order valence-electron chi connectivity index (χ2n) is 13.9. The van der Waals surface area contributed by atoms with Crippen molar-refractivity contribution < 1.29 is 69.5 Å². The number of benzene rings is 4. The molecule has 0 aliphatic carbocycles. The van der Waals surface area contributed by atoms with E-state index in [1.165, 1.54) is 52.4 Å². The number of anilines is 1. The number of rotatable bonds is 12. The fourth-order valence-corrected chi connectivity index (χ4v) is 12.0. The van der Waals surface area contributed by atoms with Crippen LogP contribution in [0.15, 0.2) is 65.7 Å². The fraction of sp³-hybridized carbons (Fsp3) is 0.205. The van der Waals surface area contributed by atoms with Crippen LogP contribution < -0.4 is 30.0 Å². The maximum absolute atomic E-state index is 16.4. The van der Waals surface area contributed by atoms with Gasteiger partial charge in [-0.2, -0.15) is 0 Å². The Morgan fingerprint density at radius 1 is 0.475 bits per heavy atom. The van der Waals surface area contributed by atoms with Gasteiger partial charge in [0.2, 0.25) is 0 Å². The molecule has 0 heterocycles. The van der Waals surface area contributed by atoms with Crippen molar-refractivity contribution in [3.05, 3.63) is 153 Å². The molecular formula is C39H28BF15GeN2O-. The predicted molar refractivity (Wildman–Crippen MR) is 190 cm³/mol. The topological polar surface area (TPSA) is 24.8 Å². The summed E-state index contributed by atoms with van der Waals surface area (Å²) in [6.45, 7) is 6.47. The number of nitrogens with zero attached hydrogens (tertiary/aromatic N) is 2. The van der Waals surface area contributed by atoms with Gasteiger partial charge in [0.1, 0.15) is 0 Å². The van der Waals surface area contributed by atoms with E-state index < -0.39 is 131 Å². The summed E-state index contributed by atoms with van der Waals surface area (Å²) in [6.07, 6.45) is -6.30. The molecule has 0 fully saturated rings. The summed E-state index contributed by atoms with van der Waals surface area (Å²) in [4.78, 5) is 4.56. The SMILES string of the molecule is CC(C)CN=c1cccccc1[N](CC(C)C)[Ge]([O][B-](c1c(F)c(F)c(F)c(F)c1F)(c1c(F)c(F)c(F)c(F)c1F)c1c(F)c(F)c(F)c(F)c1F)[c]1ccccc1. The second-order valence-corrected chi connectivity index (χ2v) is 18.1. The van der Waals surface area contributed by atoms with Crippen molar-refractivity contribution in [3.8, 4) is 0 Å². The minimum atomic E-state index is -6.30. The third-order valence-electron chi connectivity index (χ3n) is 8.96. The van der Waals surface area contributed by atoms with Crippen LogP contribution in [0.5, 0.6) is 0 Å². The molecule has 0 unspecified atom stereocenters. The molecule has 5 aromatic rings. The summed E-state index contributed by atoms with van der Waals surface area (Å²) in [5.41, 5.74) is -8.52. The predicted octanol–water partition coefficient (Wildman–Crippen LogP) is 7.87. The van der Waals surface area contributed by atoms with E-state index >= 15 is 52.7 Å². The Labute approximate surface area is 331 Å². The fourth-order valence-electron chi connectivity index (χ4n) is 6.41. The average Bonchev–Trinajstić information content (AvgIpc) is 3.45. The third kappa shape index (κ3) is 8.06. The first-order chi connectivity index (χ1) is 27.7. The van der Waals surface area contributed by atoms with Gasteiger partial charge >= 0.3 is 332 Å². The molecule has 313 valence electrons. The maximum atomic E-state index is 16.4. The van der Waals surface area contributed by atoms with Gasteiger partial charge in [0.05, 0.1) is 0 Å². The van der Waals surface area contributed by atoms with Gasteiger partial charge in [-0.3, -0.25) is 0 Å². The molecule has 0 amide bonds. The number of hydrogen-bond acceptors (Lipinski definition) is 3. The van der Waals surface area contributed by atoms with Crippen molar-refractivity contribution in [1.29, 1.82) is 0 Å². The molecule has 3 nitrogen and oxygen atoms in total. The van der Waals surface area contributed by atoms with Crippen molar-refractivity contribution in [1.82, 2.24) is 0 Å². The first-order valence-electron chi connectivity index (χ1n) is 17.4. The van der Waals surface area contributed by atoms with Crippen LogP contribution in [0.2, 0.25) is 0 Å². The molecule has 59 heavy (non-hydrogen) atoms. The summed E-state index contributed by atoms with van der Waals surface area (Å²) in [5, 5.41) is 0.0793. The zero-order chi connectivity index (χ0) is 43.8. The van der Waals surface area contributed by atoms with E-state index in [2.05, 4.69) is 4.99 Å². The number of halogens is 15. The molecule has 1 radical (unpaired) electrons. The van der Waals surface area contributed by atoms with E-state index in [-0.39, 0.29) is 34.4 Å². The van der Waals surface area contributed by atoms with Gasteiger partial charge in [-0.25, -0.2) is 0 Å². The van der Waals surface area contributed by atoms with Crippen LogP contribution in [0.3, 0.4) is 0 Å². The molecule has 0 saturated heterocycles. The molecule has 20 heteroatoms. The minimum absolute atomic E-state index is 0.0277. The van der Waals surface area contributed by atoms with Crippen molar-refractivity contribution >= 4 is 47.7 Å². The Morgan fingerprint density at radius 2 is 0.814 bits per heavy atom. The van der Waals surface area contributed by atoms with Crippen molar-refractivity contribution in [2.75, 3.05) is 16.9 Å². The first-order valence-corrected chi connectivity index (χ1v) is 20.2. The molecular weight excluding hydrogens is 881 g/mol. The van der Waals surface area contributed by atoms with Crippen LogP contribution >= 0.6 is 0 Å². The Balaban J connectivity index is 2.18. The summed E-state index contributed by atoms with van der Waals surface area (Å²) in [5.74, 6) is -47.3.